The first-order valence-electron chi connectivity index (χ1n) is 5.89. The molecular weight excluding hydrogens is 232 g/mol. The van der Waals surface area contributed by atoms with Crippen LogP contribution in [0.25, 0.3) is 0 Å². The number of carbonyl (C=O) groups is 2. The van der Waals surface area contributed by atoms with Crippen LogP contribution in [-0.2, 0) is 4.79 Å². The molecule has 0 radical (unpaired) electrons. The molecule has 1 rings (SSSR count). The highest BCUT2D eigenvalue weighted by Crippen LogP contribution is 2.12. The third-order valence-electron chi connectivity index (χ3n) is 2.33. The molecule has 1 heterocycles. The van der Waals surface area contributed by atoms with E-state index in [1.165, 1.54) is 6.20 Å². The van der Waals surface area contributed by atoms with Gasteiger partial charge in [-0.25, -0.2) is 0 Å². The van der Waals surface area contributed by atoms with Gasteiger partial charge in [0.1, 0.15) is 0 Å². The van der Waals surface area contributed by atoms with Crippen molar-refractivity contribution in [3.05, 3.63) is 24.0 Å². The Balaban J connectivity index is 2.44. The van der Waals surface area contributed by atoms with E-state index in [0.717, 1.165) is 6.42 Å². The number of carbonyl (C=O) groups excluding carboxylic acids is 2. The monoisotopic (exact) mass is 250 g/mol. The van der Waals surface area contributed by atoms with Gasteiger partial charge in [0.25, 0.3) is 5.91 Å². The molecule has 0 spiro atoms. The Bertz CT molecular complexity index is 420. The van der Waals surface area contributed by atoms with Crippen molar-refractivity contribution in [2.75, 3.05) is 18.4 Å². The van der Waals surface area contributed by atoms with Crippen LogP contribution in [0, 0.1) is 0 Å². The molecule has 0 aliphatic carbocycles. The molecule has 0 aliphatic heterocycles. The summed E-state index contributed by atoms with van der Waals surface area (Å²) >= 11 is 0. The first-order valence-corrected chi connectivity index (χ1v) is 5.89. The Kier molecular flexibility index (Phi) is 5.63. The van der Waals surface area contributed by atoms with Gasteiger partial charge < -0.3 is 16.4 Å². The van der Waals surface area contributed by atoms with Gasteiger partial charge in [-0.15, -0.1) is 0 Å². The van der Waals surface area contributed by atoms with Crippen molar-refractivity contribution in [3.8, 4) is 0 Å². The zero-order valence-corrected chi connectivity index (χ0v) is 10.4. The Morgan fingerprint density at radius 1 is 1.39 bits per heavy atom. The zero-order chi connectivity index (χ0) is 13.4. The molecule has 98 valence electrons. The predicted octanol–water partition coefficient (Wildman–Crippen LogP) is 0.509. The summed E-state index contributed by atoms with van der Waals surface area (Å²) in [7, 11) is 0. The third kappa shape index (κ3) is 4.40. The Morgan fingerprint density at radius 2 is 2.17 bits per heavy atom. The average Bonchev–Trinajstić information content (AvgIpc) is 2.36. The minimum atomic E-state index is -0.541. The lowest BCUT2D eigenvalue weighted by atomic mass is 10.2. The maximum atomic E-state index is 11.4. The topological polar surface area (TPSA) is 97.1 Å². The van der Waals surface area contributed by atoms with Crippen LogP contribution in [0.3, 0.4) is 0 Å². The molecular formula is C12H18N4O2. The number of anilines is 1. The lowest BCUT2D eigenvalue weighted by Gasteiger charge is -2.09. The normalized spacial score (nSPS) is 9.83. The molecule has 0 saturated heterocycles. The van der Waals surface area contributed by atoms with E-state index in [-0.39, 0.29) is 5.91 Å². The van der Waals surface area contributed by atoms with E-state index in [1.54, 1.807) is 12.3 Å². The number of aromatic nitrogens is 1. The van der Waals surface area contributed by atoms with Crippen molar-refractivity contribution in [2.24, 2.45) is 5.73 Å². The summed E-state index contributed by atoms with van der Waals surface area (Å²) < 4.78 is 0. The molecule has 6 heteroatoms. The quantitative estimate of drug-likeness (QED) is 0.656. The second-order valence-electron chi connectivity index (χ2n) is 3.81. The number of pyridine rings is 1. The molecule has 0 unspecified atom stereocenters. The summed E-state index contributed by atoms with van der Waals surface area (Å²) in [6.07, 6.45) is 4.23. The molecule has 0 saturated carbocycles. The molecule has 1 aromatic heterocycles. The predicted molar refractivity (Wildman–Crippen MR) is 69.2 cm³/mol. The lowest BCUT2D eigenvalue weighted by molar-refractivity contribution is -0.120. The van der Waals surface area contributed by atoms with Crippen LogP contribution in [0.15, 0.2) is 18.5 Å². The van der Waals surface area contributed by atoms with E-state index in [4.69, 9.17) is 5.73 Å². The van der Waals surface area contributed by atoms with Gasteiger partial charge in [-0.1, -0.05) is 6.92 Å². The second kappa shape index (κ2) is 7.26. The SMILES string of the molecule is CCCNC(=O)CCNc1ccncc1C(N)=O. The van der Waals surface area contributed by atoms with Gasteiger partial charge in [0.2, 0.25) is 5.91 Å². The van der Waals surface area contributed by atoms with Crippen LogP contribution in [0.2, 0.25) is 0 Å². The Hall–Kier alpha value is -2.11. The van der Waals surface area contributed by atoms with Gasteiger partial charge in [-0.05, 0) is 12.5 Å². The van der Waals surface area contributed by atoms with Crippen molar-refractivity contribution in [1.82, 2.24) is 10.3 Å². The standard InChI is InChI=1S/C12H18N4O2/c1-2-5-16-11(17)4-7-15-10-3-6-14-8-9(10)12(13)18/h3,6,8H,2,4-5,7H2,1H3,(H2,13,18)(H,14,15)(H,16,17). The Morgan fingerprint density at radius 3 is 2.83 bits per heavy atom. The molecule has 0 bridgehead atoms. The van der Waals surface area contributed by atoms with E-state index in [1.807, 2.05) is 6.92 Å². The first-order chi connectivity index (χ1) is 8.65. The zero-order valence-electron chi connectivity index (χ0n) is 10.4. The molecule has 2 amide bonds. The lowest BCUT2D eigenvalue weighted by Crippen LogP contribution is -2.26. The number of primary amides is 1. The fraction of sp³-hybridized carbons (Fsp3) is 0.417. The van der Waals surface area contributed by atoms with E-state index < -0.39 is 5.91 Å². The van der Waals surface area contributed by atoms with E-state index >= 15 is 0 Å². The summed E-state index contributed by atoms with van der Waals surface area (Å²) in [5.41, 5.74) is 6.14. The highest BCUT2D eigenvalue weighted by atomic mass is 16.2. The van der Waals surface area contributed by atoms with Crippen LogP contribution in [0.4, 0.5) is 5.69 Å². The molecule has 0 atom stereocenters. The molecule has 6 nitrogen and oxygen atoms in total. The van der Waals surface area contributed by atoms with Crippen LogP contribution in [0.5, 0.6) is 0 Å². The summed E-state index contributed by atoms with van der Waals surface area (Å²) in [5.74, 6) is -0.555. The number of hydrogen-bond acceptors (Lipinski definition) is 4. The molecule has 1 aromatic rings. The van der Waals surface area contributed by atoms with Crippen molar-refractivity contribution in [1.29, 1.82) is 0 Å². The summed E-state index contributed by atoms with van der Waals surface area (Å²) in [5, 5.41) is 5.77. The van der Waals surface area contributed by atoms with Gasteiger partial charge in [-0.2, -0.15) is 0 Å². The Labute approximate surface area is 106 Å². The number of nitrogens with one attached hydrogen (secondary N) is 2. The maximum absolute atomic E-state index is 11.4. The molecule has 4 N–H and O–H groups in total. The average molecular weight is 250 g/mol. The van der Waals surface area contributed by atoms with Gasteiger partial charge in [0.15, 0.2) is 0 Å². The largest absolute Gasteiger partial charge is 0.384 e. The van der Waals surface area contributed by atoms with Crippen LogP contribution in [-0.4, -0.2) is 29.9 Å². The van der Waals surface area contributed by atoms with Gasteiger partial charge in [-0.3, -0.25) is 14.6 Å². The van der Waals surface area contributed by atoms with Crippen molar-refractivity contribution < 1.29 is 9.59 Å². The molecule has 18 heavy (non-hydrogen) atoms. The second-order valence-corrected chi connectivity index (χ2v) is 3.81. The van der Waals surface area contributed by atoms with E-state index in [9.17, 15) is 9.59 Å². The van der Waals surface area contributed by atoms with Gasteiger partial charge in [0.05, 0.1) is 11.3 Å². The smallest absolute Gasteiger partial charge is 0.252 e. The van der Waals surface area contributed by atoms with Crippen molar-refractivity contribution in [2.45, 2.75) is 19.8 Å². The minimum Gasteiger partial charge on any atom is -0.384 e. The molecule has 0 fully saturated rings. The van der Waals surface area contributed by atoms with Crippen molar-refractivity contribution in [3.63, 3.8) is 0 Å². The van der Waals surface area contributed by atoms with Crippen LogP contribution in [0.1, 0.15) is 30.1 Å². The number of nitrogens with two attached hydrogens (primary N) is 1. The number of amides is 2. The number of rotatable bonds is 7. The highest BCUT2D eigenvalue weighted by molar-refractivity contribution is 5.98. The number of nitrogens with zero attached hydrogens (tertiary/aromatic N) is 1. The van der Waals surface area contributed by atoms with E-state index in [2.05, 4.69) is 15.6 Å². The van der Waals surface area contributed by atoms with Crippen LogP contribution >= 0.6 is 0 Å². The molecule has 0 aromatic carbocycles. The minimum absolute atomic E-state index is 0.0148. The third-order valence-corrected chi connectivity index (χ3v) is 2.33. The van der Waals surface area contributed by atoms with E-state index in [0.29, 0.717) is 30.8 Å². The van der Waals surface area contributed by atoms with Crippen molar-refractivity contribution >= 4 is 17.5 Å². The maximum Gasteiger partial charge on any atom is 0.252 e. The summed E-state index contributed by atoms with van der Waals surface area (Å²) in [6.45, 7) is 3.12. The first kappa shape index (κ1) is 14.0. The van der Waals surface area contributed by atoms with Crippen LogP contribution < -0.4 is 16.4 Å². The van der Waals surface area contributed by atoms with Gasteiger partial charge >= 0.3 is 0 Å². The van der Waals surface area contributed by atoms with Gasteiger partial charge in [0, 0.05) is 31.9 Å². The summed E-state index contributed by atoms with van der Waals surface area (Å²) in [4.78, 5) is 26.3. The molecule has 0 aliphatic rings. The highest BCUT2D eigenvalue weighted by Gasteiger charge is 2.07. The number of hydrogen-bond donors (Lipinski definition) is 3. The fourth-order valence-corrected chi connectivity index (χ4v) is 1.41. The fourth-order valence-electron chi connectivity index (χ4n) is 1.41. The summed E-state index contributed by atoms with van der Waals surface area (Å²) in [6, 6.07) is 1.66.